The summed E-state index contributed by atoms with van der Waals surface area (Å²) in [5.41, 5.74) is 0.567. The predicted octanol–water partition coefficient (Wildman–Crippen LogP) is 4.76. The van der Waals surface area contributed by atoms with E-state index in [1.54, 1.807) is 30.3 Å². The molecule has 0 saturated heterocycles. The summed E-state index contributed by atoms with van der Waals surface area (Å²) in [5.74, 6) is -0.382. The quantitative estimate of drug-likeness (QED) is 0.682. The van der Waals surface area contributed by atoms with E-state index in [4.69, 9.17) is 0 Å². The standard InChI is InChI=1S/C18H15FO2S2/c1-13-7-12-17(22-13)18(14-8-10-15(19)11-9-14)23(20,21)16-5-3-2-4-6-16/h2-12,18H,1H3. The van der Waals surface area contributed by atoms with Crippen molar-refractivity contribution in [3.63, 3.8) is 0 Å². The summed E-state index contributed by atoms with van der Waals surface area (Å²) in [6, 6.07) is 17.8. The summed E-state index contributed by atoms with van der Waals surface area (Å²) in [6.07, 6.45) is 0. The molecule has 0 radical (unpaired) electrons. The minimum absolute atomic E-state index is 0.264. The average Bonchev–Trinajstić information content (AvgIpc) is 2.96. The van der Waals surface area contributed by atoms with Gasteiger partial charge in [0.05, 0.1) is 4.90 Å². The second kappa shape index (κ2) is 6.26. The molecule has 1 atom stereocenters. The molecule has 0 bridgehead atoms. The number of thiophene rings is 1. The topological polar surface area (TPSA) is 34.1 Å². The SMILES string of the molecule is Cc1ccc(C(c2ccc(F)cc2)S(=O)(=O)c2ccccc2)s1. The maximum Gasteiger partial charge on any atom is 0.190 e. The van der Waals surface area contributed by atoms with Crippen molar-refractivity contribution in [1.82, 2.24) is 0 Å². The Kier molecular flexibility index (Phi) is 4.33. The van der Waals surface area contributed by atoms with Crippen LogP contribution in [-0.2, 0) is 9.84 Å². The average molecular weight is 346 g/mol. The first-order valence-electron chi connectivity index (χ1n) is 7.09. The molecule has 2 aromatic carbocycles. The van der Waals surface area contributed by atoms with Gasteiger partial charge in [0.1, 0.15) is 11.1 Å². The van der Waals surface area contributed by atoms with Crippen molar-refractivity contribution in [3.05, 3.63) is 87.9 Å². The summed E-state index contributed by atoms with van der Waals surface area (Å²) in [5, 5.41) is -0.829. The molecule has 0 fully saturated rings. The Bertz CT molecular complexity index is 898. The summed E-state index contributed by atoms with van der Waals surface area (Å²) in [6.45, 7) is 1.94. The molecular formula is C18H15FO2S2. The van der Waals surface area contributed by atoms with E-state index in [0.29, 0.717) is 5.56 Å². The highest BCUT2D eigenvalue weighted by Crippen LogP contribution is 2.38. The van der Waals surface area contributed by atoms with Crippen molar-refractivity contribution in [1.29, 1.82) is 0 Å². The van der Waals surface area contributed by atoms with Gasteiger partial charge in [-0.1, -0.05) is 30.3 Å². The Morgan fingerprint density at radius 2 is 1.57 bits per heavy atom. The highest BCUT2D eigenvalue weighted by atomic mass is 32.2. The van der Waals surface area contributed by atoms with Crippen LogP contribution in [0.5, 0.6) is 0 Å². The van der Waals surface area contributed by atoms with Crippen molar-refractivity contribution < 1.29 is 12.8 Å². The van der Waals surface area contributed by atoms with Gasteiger partial charge in [0.15, 0.2) is 9.84 Å². The van der Waals surface area contributed by atoms with E-state index in [1.165, 1.54) is 35.6 Å². The van der Waals surface area contributed by atoms with Gasteiger partial charge >= 0.3 is 0 Å². The van der Waals surface area contributed by atoms with Gasteiger partial charge in [-0.3, -0.25) is 0 Å². The van der Waals surface area contributed by atoms with E-state index in [-0.39, 0.29) is 10.7 Å². The fraction of sp³-hybridized carbons (Fsp3) is 0.111. The first-order chi connectivity index (χ1) is 11.0. The molecule has 1 heterocycles. The summed E-state index contributed by atoms with van der Waals surface area (Å²) < 4.78 is 39.5. The van der Waals surface area contributed by atoms with Crippen LogP contribution in [0.4, 0.5) is 4.39 Å². The van der Waals surface area contributed by atoms with E-state index in [2.05, 4.69) is 0 Å². The Labute approximate surface area is 139 Å². The molecule has 23 heavy (non-hydrogen) atoms. The highest BCUT2D eigenvalue weighted by molar-refractivity contribution is 7.92. The fourth-order valence-corrected chi connectivity index (χ4v) is 5.59. The zero-order valence-corrected chi connectivity index (χ0v) is 14.1. The van der Waals surface area contributed by atoms with Gasteiger partial charge in [0.25, 0.3) is 0 Å². The smallest absolute Gasteiger partial charge is 0.190 e. The lowest BCUT2D eigenvalue weighted by Crippen LogP contribution is -2.14. The van der Waals surface area contributed by atoms with Crippen LogP contribution in [0.3, 0.4) is 0 Å². The van der Waals surface area contributed by atoms with E-state index in [1.807, 2.05) is 19.1 Å². The molecule has 0 aliphatic carbocycles. The van der Waals surface area contributed by atoms with E-state index in [9.17, 15) is 12.8 Å². The van der Waals surface area contributed by atoms with Crippen LogP contribution in [0, 0.1) is 12.7 Å². The van der Waals surface area contributed by atoms with Crippen LogP contribution < -0.4 is 0 Å². The summed E-state index contributed by atoms with van der Waals surface area (Å²) in [7, 11) is -3.62. The molecule has 0 spiro atoms. The first kappa shape index (κ1) is 15.9. The minimum Gasteiger partial charge on any atom is -0.223 e. The number of benzene rings is 2. The van der Waals surface area contributed by atoms with Crippen LogP contribution >= 0.6 is 11.3 Å². The molecule has 2 nitrogen and oxygen atoms in total. The Morgan fingerprint density at radius 1 is 0.913 bits per heavy atom. The lowest BCUT2D eigenvalue weighted by molar-refractivity contribution is 0.589. The van der Waals surface area contributed by atoms with Crippen LogP contribution in [0.2, 0.25) is 0 Å². The number of halogens is 1. The van der Waals surface area contributed by atoms with Crippen molar-refractivity contribution in [3.8, 4) is 0 Å². The molecule has 3 rings (SSSR count). The van der Waals surface area contributed by atoms with Gasteiger partial charge in [-0.25, -0.2) is 12.8 Å². The molecule has 118 valence electrons. The highest BCUT2D eigenvalue weighted by Gasteiger charge is 2.31. The number of aryl methyl sites for hydroxylation is 1. The third kappa shape index (κ3) is 3.21. The van der Waals surface area contributed by atoms with Crippen LogP contribution in [0.25, 0.3) is 0 Å². The van der Waals surface area contributed by atoms with Gasteiger partial charge in [-0.2, -0.15) is 0 Å². The normalized spacial score (nSPS) is 13.0. The van der Waals surface area contributed by atoms with Crippen LogP contribution in [0.1, 0.15) is 20.6 Å². The van der Waals surface area contributed by atoms with Gasteiger partial charge in [0.2, 0.25) is 0 Å². The number of rotatable bonds is 4. The Balaban J connectivity index is 2.18. The second-order valence-corrected chi connectivity index (χ2v) is 8.59. The maximum absolute atomic E-state index is 13.2. The first-order valence-corrected chi connectivity index (χ1v) is 9.45. The van der Waals surface area contributed by atoms with Crippen LogP contribution in [-0.4, -0.2) is 8.42 Å². The lowest BCUT2D eigenvalue weighted by Gasteiger charge is -2.17. The third-order valence-electron chi connectivity index (χ3n) is 3.57. The second-order valence-electron chi connectivity index (χ2n) is 5.24. The molecule has 0 aliphatic heterocycles. The molecule has 3 aromatic rings. The third-order valence-corrected chi connectivity index (χ3v) is 6.87. The zero-order chi connectivity index (χ0) is 16.4. The number of hydrogen-bond donors (Lipinski definition) is 0. The van der Waals surface area contributed by atoms with Gasteiger partial charge in [-0.15, -0.1) is 11.3 Å². The molecule has 0 amide bonds. The maximum atomic E-state index is 13.2. The van der Waals surface area contributed by atoms with Crippen molar-refractivity contribution in [2.75, 3.05) is 0 Å². The van der Waals surface area contributed by atoms with Crippen molar-refractivity contribution >= 4 is 21.2 Å². The summed E-state index contributed by atoms with van der Waals surface area (Å²) in [4.78, 5) is 2.04. The molecule has 1 unspecified atom stereocenters. The largest absolute Gasteiger partial charge is 0.223 e. The molecule has 0 aliphatic rings. The Hall–Kier alpha value is -1.98. The molecule has 5 heteroatoms. The van der Waals surface area contributed by atoms with E-state index < -0.39 is 15.1 Å². The van der Waals surface area contributed by atoms with Crippen molar-refractivity contribution in [2.45, 2.75) is 17.1 Å². The molecule has 0 N–H and O–H groups in total. The zero-order valence-electron chi connectivity index (χ0n) is 12.4. The van der Waals surface area contributed by atoms with E-state index >= 15 is 0 Å². The van der Waals surface area contributed by atoms with Gasteiger partial charge < -0.3 is 0 Å². The predicted molar refractivity (Wildman–Crippen MR) is 90.9 cm³/mol. The van der Waals surface area contributed by atoms with Crippen LogP contribution in [0.15, 0.2) is 71.6 Å². The monoisotopic (exact) mass is 346 g/mol. The fourth-order valence-electron chi connectivity index (χ4n) is 2.47. The summed E-state index contributed by atoms with van der Waals surface area (Å²) >= 11 is 1.44. The number of hydrogen-bond acceptors (Lipinski definition) is 3. The van der Waals surface area contributed by atoms with Gasteiger partial charge in [0, 0.05) is 9.75 Å². The molecular weight excluding hydrogens is 331 g/mol. The minimum atomic E-state index is -3.62. The van der Waals surface area contributed by atoms with E-state index in [0.717, 1.165) is 9.75 Å². The molecule has 1 aromatic heterocycles. The molecule has 0 saturated carbocycles. The van der Waals surface area contributed by atoms with Crippen molar-refractivity contribution in [2.24, 2.45) is 0 Å². The lowest BCUT2D eigenvalue weighted by atomic mass is 10.1. The van der Waals surface area contributed by atoms with Gasteiger partial charge in [-0.05, 0) is 48.9 Å². The number of sulfone groups is 1. The Morgan fingerprint density at radius 3 is 2.13 bits per heavy atom.